The number of rotatable bonds is 3. The molecule has 0 saturated carbocycles. The number of para-hydroxylation sites is 4. The second kappa shape index (κ2) is 13.1. The van der Waals surface area contributed by atoms with E-state index < -0.39 is 0 Å². The van der Waals surface area contributed by atoms with E-state index in [9.17, 15) is 0 Å². The number of nitrogens with zero attached hydrogens (tertiary/aromatic N) is 3. The predicted octanol–water partition coefficient (Wildman–Crippen LogP) is 16.2. The first-order valence-corrected chi connectivity index (χ1v) is 21.8. The first-order valence-electron chi connectivity index (χ1n) is 21.8. The zero-order valence-electron chi connectivity index (χ0n) is 34.2. The Morgan fingerprint density at radius 2 is 0.603 bits per heavy atom. The fraction of sp³-hybridized carbons (Fsp3) is 0. The number of fused-ring (bicyclic) bond motifs is 17. The van der Waals surface area contributed by atoms with Crippen LogP contribution in [-0.2, 0) is 0 Å². The summed E-state index contributed by atoms with van der Waals surface area (Å²) >= 11 is 0. The Hall–Kier alpha value is -8.40. The lowest BCUT2D eigenvalue weighted by Crippen LogP contribution is -1.98. The lowest BCUT2D eigenvalue weighted by molar-refractivity contribution is 1.15. The third-order valence-electron chi connectivity index (χ3n) is 13.5. The summed E-state index contributed by atoms with van der Waals surface area (Å²) in [5, 5.41) is 17.0. The van der Waals surface area contributed by atoms with Crippen LogP contribution in [0, 0.1) is 0 Å². The Kier molecular flexibility index (Phi) is 7.11. The molecular weight excluding hydrogens is 763 g/mol. The van der Waals surface area contributed by atoms with Gasteiger partial charge in [0, 0.05) is 49.4 Å². The minimum Gasteiger partial charge on any atom is -0.309 e. The molecule has 0 amide bonds. The van der Waals surface area contributed by atoms with Crippen molar-refractivity contribution in [2.45, 2.75) is 0 Å². The highest BCUT2D eigenvalue weighted by Gasteiger charge is 2.23. The molecule has 11 aromatic carbocycles. The standard InChI is InChI=1S/C60H37N3/c1-4-18-45(19-5-1)61-55-29-26-41-34-50(55)51-35-42(27-30-56(51)61)43-28-31-57-52(36-43)53-37-49(44-17-13-16-40(33-44)38-14-12-15-39(41)32-38)58-48-24-10-11-25-54(48)63(47-22-8-3-9-23-47)60(58)59(53)62(57)46-20-6-2-7-21-46/h1-37H. The highest BCUT2D eigenvalue weighted by atomic mass is 15.0. The molecule has 14 rings (SSSR count). The van der Waals surface area contributed by atoms with Crippen LogP contribution in [0.2, 0.25) is 0 Å². The Balaban J connectivity index is 1.26. The minimum absolute atomic E-state index is 1.13. The van der Waals surface area contributed by atoms with Gasteiger partial charge >= 0.3 is 0 Å². The van der Waals surface area contributed by atoms with Crippen LogP contribution in [0.4, 0.5) is 0 Å². The number of aromatic nitrogens is 3. The molecule has 14 aromatic rings. The fourth-order valence-corrected chi connectivity index (χ4v) is 10.7. The first-order chi connectivity index (χ1) is 31.2. The van der Waals surface area contributed by atoms with Crippen molar-refractivity contribution in [1.29, 1.82) is 0 Å². The smallest absolute Gasteiger partial charge is 0.0795 e. The van der Waals surface area contributed by atoms with Crippen molar-refractivity contribution >= 4 is 109 Å². The molecule has 0 fully saturated rings. The van der Waals surface area contributed by atoms with Gasteiger partial charge in [-0.05, 0) is 140 Å². The van der Waals surface area contributed by atoms with Gasteiger partial charge in [0.2, 0.25) is 0 Å². The van der Waals surface area contributed by atoms with Crippen molar-refractivity contribution < 1.29 is 0 Å². The molecule has 0 radical (unpaired) electrons. The summed E-state index contributed by atoms with van der Waals surface area (Å²) < 4.78 is 7.42. The van der Waals surface area contributed by atoms with Gasteiger partial charge in [-0.2, -0.15) is 0 Å². The van der Waals surface area contributed by atoms with Crippen LogP contribution in [0.1, 0.15) is 0 Å². The second-order valence-electron chi connectivity index (χ2n) is 16.9. The Morgan fingerprint density at radius 1 is 0.206 bits per heavy atom. The molecule has 0 aliphatic rings. The maximum absolute atomic E-state index is 2.50. The summed E-state index contributed by atoms with van der Waals surface area (Å²) in [6.07, 6.45) is 0. The third kappa shape index (κ3) is 4.96. The fourth-order valence-electron chi connectivity index (χ4n) is 10.7. The van der Waals surface area contributed by atoms with Gasteiger partial charge < -0.3 is 13.7 Å². The van der Waals surface area contributed by atoms with Gasteiger partial charge in [0.15, 0.2) is 0 Å². The van der Waals surface area contributed by atoms with E-state index in [0.717, 1.165) is 17.1 Å². The zero-order chi connectivity index (χ0) is 41.2. The third-order valence-corrected chi connectivity index (χ3v) is 13.5. The molecule has 0 aliphatic heterocycles. The van der Waals surface area contributed by atoms with Gasteiger partial charge in [-0.25, -0.2) is 0 Å². The Bertz CT molecular complexity index is 4230. The van der Waals surface area contributed by atoms with Gasteiger partial charge in [0.1, 0.15) is 0 Å². The number of benzene rings is 10. The summed E-state index contributed by atoms with van der Waals surface area (Å²) in [6, 6.07) is 83.4. The van der Waals surface area contributed by atoms with Gasteiger partial charge in [-0.3, -0.25) is 0 Å². The molecule has 0 N–H and O–H groups in total. The Morgan fingerprint density at radius 3 is 1.16 bits per heavy atom. The second-order valence-corrected chi connectivity index (χ2v) is 16.9. The molecule has 0 atom stereocenters. The summed E-state index contributed by atoms with van der Waals surface area (Å²) in [4.78, 5) is 0. The SMILES string of the molecule is c1ccc(-n2c3ccc4cc3c3cc(ccc32)c2ccc3c(c2)c2cc(c5cccc(c5)c5cccc4c5)c4c5ccccc5n(-c5ccccc5)c4c2n3-c2ccccc2)cc1. The van der Waals surface area contributed by atoms with Crippen LogP contribution < -0.4 is 0 Å². The van der Waals surface area contributed by atoms with E-state index in [4.69, 9.17) is 0 Å². The van der Waals surface area contributed by atoms with E-state index in [1.165, 1.54) is 109 Å². The van der Waals surface area contributed by atoms with Crippen molar-refractivity contribution in [3.05, 3.63) is 224 Å². The van der Waals surface area contributed by atoms with E-state index in [-0.39, 0.29) is 0 Å². The van der Waals surface area contributed by atoms with Crippen LogP contribution in [0.5, 0.6) is 0 Å². The molecular formula is C60H37N3. The maximum Gasteiger partial charge on any atom is 0.0795 e. The molecule has 3 heterocycles. The van der Waals surface area contributed by atoms with Crippen molar-refractivity contribution in [3.8, 4) is 17.1 Å². The van der Waals surface area contributed by atoms with Crippen LogP contribution in [0.3, 0.4) is 0 Å². The molecule has 0 saturated heterocycles. The summed E-state index contributed by atoms with van der Waals surface area (Å²) in [7, 11) is 0. The molecule has 0 unspecified atom stereocenters. The van der Waals surface area contributed by atoms with Gasteiger partial charge in [0.05, 0.1) is 33.1 Å². The van der Waals surface area contributed by atoms with E-state index >= 15 is 0 Å². The summed E-state index contributed by atoms with van der Waals surface area (Å²) in [5.41, 5.74) is 10.6. The molecule has 3 heteroatoms. The number of hydrogen-bond acceptors (Lipinski definition) is 0. The van der Waals surface area contributed by atoms with Crippen LogP contribution in [-0.4, -0.2) is 13.7 Å². The van der Waals surface area contributed by atoms with Crippen molar-refractivity contribution in [2.24, 2.45) is 0 Å². The largest absolute Gasteiger partial charge is 0.309 e. The van der Waals surface area contributed by atoms with Gasteiger partial charge in [0.25, 0.3) is 0 Å². The molecule has 3 nitrogen and oxygen atoms in total. The van der Waals surface area contributed by atoms with E-state index in [1.807, 2.05) is 0 Å². The topological polar surface area (TPSA) is 14.8 Å². The van der Waals surface area contributed by atoms with Crippen LogP contribution in [0.15, 0.2) is 224 Å². The normalized spacial score (nSPS) is 12.1. The van der Waals surface area contributed by atoms with E-state index in [0.29, 0.717) is 0 Å². The van der Waals surface area contributed by atoms with E-state index in [1.54, 1.807) is 0 Å². The maximum atomic E-state index is 2.50. The minimum atomic E-state index is 1.13. The Labute approximate surface area is 362 Å². The van der Waals surface area contributed by atoms with Crippen molar-refractivity contribution in [1.82, 2.24) is 13.7 Å². The zero-order valence-corrected chi connectivity index (χ0v) is 34.2. The molecule has 3 aromatic heterocycles. The van der Waals surface area contributed by atoms with Gasteiger partial charge in [-0.1, -0.05) is 127 Å². The lowest BCUT2D eigenvalue weighted by atomic mass is 9.99. The molecule has 0 spiro atoms. The molecule has 292 valence electrons. The van der Waals surface area contributed by atoms with Crippen molar-refractivity contribution in [2.75, 3.05) is 0 Å². The quantitative estimate of drug-likeness (QED) is 0.169. The van der Waals surface area contributed by atoms with Crippen molar-refractivity contribution in [3.63, 3.8) is 0 Å². The molecule has 63 heavy (non-hydrogen) atoms. The highest BCUT2D eigenvalue weighted by molar-refractivity contribution is 6.32. The predicted molar refractivity (Wildman–Crippen MR) is 268 cm³/mol. The monoisotopic (exact) mass is 799 g/mol. The van der Waals surface area contributed by atoms with Crippen LogP contribution in [0.25, 0.3) is 126 Å². The summed E-state index contributed by atoms with van der Waals surface area (Å²) in [6.45, 7) is 0. The average Bonchev–Trinajstić information content (AvgIpc) is 3.99. The van der Waals surface area contributed by atoms with Gasteiger partial charge in [-0.15, -0.1) is 0 Å². The highest BCUT2D eigenvalue weighted by Crippen LogP contribution is 2.45. The number of hydrogen-bond donors (Lipinski definition) is 0. The van der Waals surface area contributed by atoms with E-state index in [2.05, 4.69) is 238 Å². The molecule has 12 bridgehead atoms. The van der Waals surface area contributed by atoms with Crippen LogP contribution >= 0.6 is 0 Å². The molecule has 0 aliphatic carbocycles. The lowest BCUT2D eigenvalue weighted by Gasteiger charge is -2.13. The summed E-state index contributed by atoms with van der Waals surface area (Å²) in [5.74, 6) is 0. The first kappa shape index (κ1) is 34.3. The average molecular weight is 800 g/mol.